The van der Waals surface area contributed by atoms with E-state index in [1.165, 1.54) is 18.9 Å². The van der Waals surface area contributed by atoms with Crippen LogP contribution in [0.1, 0.15) is 32.6 Å². The Balaban J connectivity index is 1.21. The molecule has 166 valence electrons. The number of halogens is 1. The highest BCUT2D eigenvalue weighted by molar-refractivity contribution is 5.96. The van der Waals surface area contributed by atoms with Gasteiger partial charge in [-0.15, -0.1) is 0 Å². The van der Waals surface area contributed by atoms with Crippen LogP contribution in [0.5, 0.6) is 0 Å². The van der Waals surface area contributed by atoms with Crippen molar-refractivity contribution in [2.24, 2.45) is 22.4 Å². The van der Waals surface area contributed by atoms with Gasteiger partial charge in [-0.2, -0.15) is 0 Å². The fourth-order valence-corrected chi connectivity index (χ4v) is 5.50. The number of nitrogens with zero attached hydrogens (tertiary/aromatic N) is 3. The van der Waals surface area contributed by atoms with Crippen molar-refractivity contribution in [2.45, 2.75) is 32.6 Å². The Morgan fingerprint density at radius 2 is 1.91 bits per heavy atom. The van der Waals surface area contributed by atoms with Crippen molar-refractivity contribution < 1.29 is 9.60 Å². The highest BCUT2D eigenvalue weighted by Crippen LogP contribution is 2.49. The Kier molecular flexibility index (Phi) is 5.45. The maximum Gasteiger partial charge on any atom is 0.149 e. The van der Waals surface area contributed by atoms with Gasteiger partial charge in [-0.25, -0.2) is 4.39 Å². The van der Waals surface area contributed by atoms with Crippen LogP contribution < -0.4 is 10.2 Å². The molecule has 0 bridgehead atoms. The lowest BCUT2D eigenvalue weighted by Gasteiger charge is -2.55. The summed E-state index contributed by atoms with van der Waals surface area (Å²) in [6, 6.07) is 16.7. The van der Waals surface area contributed by atoms with Crippen molar-refractivity contribution in [1.82, 2.24) is 4.98 Å². The van der Waals surface area contributed by atoms with E-state index in [9.17, 15) is 9.60 Å². The SMILES string of the molecule is CC(C(=NO)Nc1ccccc1)C1CCC2(CC1)CN(c1ccnc3ccc(F)cc13)C2. The molecule has 0 radical (unpaired) electrons. The highest BCUT2D eigenvalue weighted by atomic mass is 19.1. The van der Waals surface area contributed by atoms with Crippen LogP contribution in [-0.4, -0.2) is 29.1 Å². The van der Waals surface area contributed by atoms with Gasteiger partial charge >= 0.3 is 0 Å². The smallest absolute Gasteiger partial charge is 0.149 e. The second kappa shape index (κ2) is 8.41. The van der Waals surface area contributed by atoms with Crippen LogP contribution in [0.4, 0.5) is 15.8 Å². The van der Waals surface area contributed by atoms with Crippen molar-refractivity contribution in [3.05, 3.63) is 66.6 Å². The van der Waals surface area contributed by atoms with Gasteiger partial charge in [-0.1, -0.05) is 30.3 Å². The molecule has 2 aromatic carbocycles. The molecular weight excluding hydrogens is 403 g/mol. The maximum absolute atomic E-state index is 13.8. The molecule has 2 fully saturated rings. The second-order valence-electron chi connectivity index (χ2n) is 9.45. The molecule has 2 aliphatic rings. The summed E-state index contributed by atoms with van der Waals surface area (Å²) in [6.45, 7) is 4.16. The average Bonchev–Trinajstić information content (AvgIpc) is 2.81. The van der Waals surface area contributed by atoms with E-state index in [1.807, 2.05) is 42.6 Å². The third kappa shape index (κ3) is 3.90. The van der Waals surface area contributed by atoms with E-state index < -0.39 is 0 Å². The molecule has 1 unspecified atom stereocenters. The molecule has 1 saturated carbocycles. The van der Waals surface area contributed by atoms with Gasteiger partial charge in [-0.3, -0.25) is 4.98 Å². The molecule has 32 heavy (non-hydrogen) atoms. The second-order valence-corrected chi connectivity index (χ2v) is 9.45. The molecule has 3 aromatic rings. The van der Waals surface area contributed by atoms with E-state index in [-0.39, 0.29) is 11.7 Å². The van der Waals surface area contributed by atoms with Crippen LogP contribution >= 0.6 is 0 Å². The minimum atomic E-state index is -0.220. The normalized spacial score (nSPS) is 19.7. The maximum atomic E-state index is 13.8. The number of hydrogen-bond acceptors (Lipinski definition) is 4. The van der Waals surface area contributed by atoms with Gasteiger partial charge < -0.3 is 15.4 Å². The lowest BCUT2D eigenvalue weighted by atomic mass is 9.63. The Bertz CT molecular complexity index is 1120. The number of fused-ring (bicyclic) bond motifs is 1. The van der Waals surface area contributed by atoms with E-state index in [0.29, 0.717) is 17.2 Å². The summed E-state index contributed by atoms with van der Waals surface area (Å²) in [5.74, 6) is 1.08. The summed E-state index contributed by atoms with van der Waals surface area (Å²) in [6.07, 6.45) is 6.39. The fourth-order valence-electron chi connectivity index (χ4n) is 5.50. The van der Waals surface area contributed by atoms with Crippen LogP contribution in [0.25, 0.3) is 10.9 Å². The third-order valence-corrected chi connectivity index (χ3v) is 7.46. The molecule has 1 aliphatic carbocycles. The number of oxime groups is 1. The van der Waals surface area contributed by atoms with Crippen LogP contribution in [0, 0.1) is 23.1 Å². The lowest BCUT2D eigenvalue weighted by molar-refractivity contribution is 0.0997. The van der Waals surface area contributed by atoms with Crippen molar-refractivity contribution in [3.8, 4) is 0 Å². The third-order valence-electron chi connectivity index (χ3n) is 7.46. The van der Waals surface area contributed by atoms with Gasteiger partial charge in [-0.05, 0) is 68.0 Å². The fraction of sp³-hybridized carbons (Fsp3) is 0.385. The van der Waals surface area contributed by atoms with Crippen LogP contribution in [0.2, 0.25) is 0 Å². The standard InChI is InChI=1S/C26H29FN4O/c1-18(25(30-32)29-21-5-3-2-4-6-21)19-9-12-26(13-10-19)16-31(17-26)24-11-14-28-23-8-7-20(27)15-22(23)24/h2-8,11,14-15,18-19,32H,9-10,12-13,16-17H2,1H3,(H,29,30). The van der Waals surface area contributed by atoms with Crippen LogP contribution in [0.15, 0.2) is 65.9 Å². The van der Waals surface area contributed by atoms with Gasteiger partial charge in [0.1, 0.15) is 11.7 Å². The number of amidine groups is 1. The number of rotatable bonds is 4. The first-order valence-electron chi connectivity index (χ1n) is 11.4. The minimum Gasteiger partial charge on any atom is -0.409 e. The van der Waals surface area contributed by atoms with Crippen LogP contribution in [0.3, 0.4) is 0 Å². The van der Waals surface area contributed by atoms with Crippen molar-refractivity contribution in [3.63, 3.8) is 0 Å². The number of benzene rings is 2. The summed E-state index contributed by atoms with van der Waals surface area (Å²) < 4.78 is 13.8. The summed E-state index contributed by atoms with van der Waals surface area (Å²) in [4.78, 5) is 6.75. The number of para-hydroxylation sites is 1. The van der Waals surface area contributed by atoms with Crippen molar-refractivity contribution in [2.75, 3.05) is 23.3 Å². The predicted molar refractivity (Wildman–Crippen MR) is 127 cm³/mol. The molecule has 1 aliphatic heterocycles. The molecule has 1 spiro atoms. The molecule has 1 saturated heterocycles. The van der Waals surface area contributed by atoms with Gasteiger partial charge in [0.2, 0.25) is 0 Å². The monoisotopic (exact) mass is 432 g/mol. The summed E-state index contributed by atoms with van der Waals surface area (Å²) in [5.41, 5.74) is 3.19. The van der Waals surface area contributed by atoms with E-state index >= 15 is 0 Å². The summed E-state index contributed by atoms with van der Waals surface area (Å²) in [5, 5.41) is 17.3. The van der Waals surface area contributed by atoms with Gasteiger partial charge in [0.25, 0.3) is 0 Å². The first-order chi connectivity index (χ1) is 15.6. The lowest BCUT2D eigenvalue weighted by Crippen LogP contribution is -2.58. The van der Waals surface area contributed by atoms with Crippen molar-refractivity contribution >= 4 is 28.1 Å². The molecule has 2 N–H and O–H groups in total. The van der Waals surface area contributed by atoms with Crippen LogP contribution in [-0.2, 0) is 0 Å². The van der Waals surface area contributed by atoms with Crippen molar-refractivity contribution in [1.29, 1.82) is 0 Å². The molecule has 5 rings (SSSR count). The minimum absolute atomic E-state index is 0.167. The zero-order chi connectivity index (χ0) is 22.1. The Hall–Kier alpha value is -3.15. The summed E-state index contributed by atoms with van der Waals surface area (Å²) in [7, 11) is 0. The molecule has 0 amide bonds. The highest BCUT2D eigenvalue weighted by Gasteiger charge is 2.46. The topological polar surface area (TPSA) is 60.8 Å². The molecule has 1 atom stereocenters. The molecular formula is C26H29FN4O. The number of pyridine rings is 1. The number of nitrogens with one attached hydrogen (secondary N) is 1. The largest absolute Gasteiger partial charge is 0.409 e. The summed E-state index contributed by atoms with van der Waals surface area (Å²) >= 11 is 0. The number of hydrogen-bond donors (Lipinski definition) is 2. The first kappa shape index (κ1) is 20.7. The molecule has 2 heterocycles. The van der Waals surface area contributed by atoms with E-state index in [2.05, 4.69) is 27.3 Å². The molecule has 6 heteroatoms. The van der Waals surface area contributed by atoms with E-state index in [1.54, 1.807) is 12.1 Å². The molecule has 1 aromatic heterocycles. The van der Waals surface area contributed by atoms with E-state index in [4.69, 9.17) is 0 Å². The zero-order valence-corrected chi connectivity index (χ0v) is 18.3. The van der Waals surface area contributed by atoms with Gasteiger partial charge in [0.15, 0.2) is 0 Å². The number of anilines is 2. The van der Waals surface area contributed by atoms with E-state index in [0.717, 1.165) is 48.2 Å². The average molecular weight is 433 g/mol. The quantitative estimate of drug-likeness (QED) is 0.233. The van der Waals surface area contributed by atoms with Gasteiger partial charge in [0.05, 0.1) is 5.52 Å². The first-order valence-corrected chi connectivity index (χ1v) is 11.4. The number of aromatic nitrogens is 1. The Labute approximate surface area is 188 Å². The Morgan fingerprint density at radius 1 is 1.16 bits per heavy atom. The Morgan fingerprint density at radius 3 is 2.62 bits per heavy atom. The predicted octanol–water partition coefficient (Wildman–Crippen LogP) is 5.91. The van der Waals surface area contributed by atoms with Gasteiger partial charge in [0, 0.05) is 47.4 Å². The molecule has 5 nitrogen and oxygen atoms in total. The zero-order valence-electron chi connectivity index (χ0n) is 18.3.